The molecule has 0 unspecified atom stereocenters. The average Bonchev–Trinajstić information content (AvgIpc) is 2.86. The molecule has 0 aromatic carbocycles. The molecule has 0 saturated carbocycles. The molecule has 1 atom stereocenters. The van der Waals surface area contributed by atoms with E-state index in [1.165, 1.54) is 0 Å². The highest BCUT2D eigenvalue weighted by Gasteiger charge is 2.30. The summed E-state index contributed by atoms with van der Waals surface area (Å²) in [5.41, 5.74) is 1.82. The molecule has 18 heavy (non-hydrogen) atoms. The fraction of sp³-hybridized carbons (Fsp3) is 0.583. The van der Waals surface area contributed by atoms with Crippen LogP contribution in [0.25, 0.3) is 0 Å². The van der Waals surface area contributed by atoms with Crippen LogP contribution in [-0.2, 0) is 16.1 Å². The Hall–Kier alpha value is -1.85. The first-order chi connectivity index (χ1) is 8.47. The third kappa shape index (κ3) is 2.52. The SMILES string of the molecule is Cc1cc(C)n(CC(=O)N2CC[C@@H](C(=O)O)C2)n1. The molecule has 2 rings (SSSR count). The number of hydrogen-bond donors (Lipinski definition) is 1. The quantitative estimate of drug-likeness (QED) is 0.845. The van der Waals surface area contributed by atoms with E-state index in [2.05, 4.69) is 5.10 Å². The Labute approximate surface area is 105 Å². The molecule has 98 valence electrons. The Morgan fingerprint density at radius 1 is 1.50 bits per heavy atom. The van der Waals surface area contributed by atoms with Crippen LogP contribution < -0.4 is 0 Å². The van der Waals surface area contributed by atoms with E-state index >= 15 is 0 Å². The summed E-state index contributed by atoms with van der Waals surface area (Å²) in [5, 5.41) is 13.1. The Morgan fingerprint density at radius 2 is 2.22 bits per heavy atom. The van der Waals surface area contributed by atoms with E-state index in [1.54, 1.807) is 9.58 Å². The minimum Gasteiger partial charge on any atom is -0.481 e. The molecule has 2 heterocycles. The van der Waals surface area contributed by atoms with Gasteiger partial charge in [0.05, 0.1) is 11.6 Å². The molecule has 1 saturated heterocycles. The zero-order valence-corrected chi connectivity index (χ0v) is 10.6. The zero-order valence-electron chi connectivity index (χ0n) is 10.6. The van der Waals surface area contributed by atoms with Gasteiger partial charge in [-0.15, -0.1) is 0 Å². The lowest BCUT2D eigenvalue weighted by Gasteiger charge is -2.16. The number of carboxylic acid groups (broad SMARTS) is 1. The fourth-order valence-corrected chi connectivity index (χ4v) is 2.25. The smallest absolute Gasteiger partial charge is 0.308 e. The maximum atomic E-state index is 12.0. The largest absolute Gasteiger partial charge is 0.481 e. The number of likely N-dealkylation sites (tertiary alicyclic amines) is 1. The predicted octanol–water partition coefficient (Wildman–Crippen LogP) is 0.433. The molecule has 1 N–H and O–H groups in total. The van der Waals surface area contributed by atoms with Gasteiger partial charge >= 0.3 is 5.97 Å². The van der Waals surface area contributed by atoms with Gasteiger partial charge in [0.25, 0.3) is 0 Å². The Balaban J connectivity index is 1.97. The third-order valence-corrected chi connectivity index (χ3v) is 3.28. The Kier molecular flexibility index (Phi) is 3.36. The van der Waals surface area contributed by atoms with Crippen LogP contribution in [0.2, 0.25) is 0 Å². The molecule has 0 bridgehead atoms. The zero-order chi connectivity index (χ0) is 13.3. The summed E-state index contributed by atoms with van der Waals surface area (Å²) in [6, 6.07) is 1.91. The Morgan fingerprint density at radius 3 is 2.72 bits per heavy atom. The lowest BCUT2D eigenvalue weighted by molar-refractivity contribution is -0.141. The summed E-state index contributed by atoms with van der Waals surface area (Å²) in [6.07, 6.45) is 0.540. The van der Waals surface area contributed by atoms with E-state index in [4.69, 9.17) is 5.11 Å². The van der Waals surface area contributed by atoms with Gasteiger partial charge in [0.1, 0.15) is 6.54 Å². The van der Waals surface area contributed by atoms with Crippen molar-refractivity contribution in [1.29, 1.82) is 0 Å². The van der Waals surface area contributed by atoms with Crippen molar-refractivity contribution < 1.29 is 14.7 Å². The van der Waals surface area contributed by atoms with Gasteiger partial charge in [0, 0.05) is 18.8 Å². The van der Waals surface area contributed by atoms with Gasteiger partial charge in [0.15, 0.2) is 0 Å². The van der Waals surface area contributed by atoms with Gasteiger partial charge in [-0.1, -0.05) is 0 Å². The van der Waals surface area contributed by atoms with Crippen LogP contribution in [0, 0.1) is 19.8 Å². The molecular formula is C12H17N3O3. The summed E-state index contributed by atoms with van der Waals surface area (Å²) in [7, 11) is 0. The van der Waals surface area contributed by atoms with Crippen LogP contribution in [0.3, 0.4) is 0 Å². The number of nitrogens with zero attached hydrogens (tertiary/aromatic N) is 3. The molecule has 0 aliphatic carbocycles. The third-order valence-electron chi connectivity index (χ3n) is 3.28. The molecule has 0 spiro atoms. The van der Waals surface area contributed by atoms with E-state index in [0.29, 0.717) is 19.5 Å². The summed E-state index contributed by atoms with van der Waals surface area (Å²) < 4.78 is 1.66. The second-order valence-corrected chi connectivity index (χ2v) is 4.75. The number of carboxylic acids is 1. The van der Waals surface area contributed by atoms with Crippen molar-refractivity contribution in [1.82, 2.24) is 14.7 Å². The van der Waals surface area contributed by atoms with Gasteiger partial charge in [-0.25, -0.2) is 0 Å². The molecule has 1 aliphatic heterocycles. The van der Waals surface area contributed by atoms with Crippen LogP contribution in [0.15, 0.2) is 6.07 Å². The molecule has 1 aromatic rings. The highest BCUT2D eigenvalue weighted by Crippen LogP contribution is 2.17. The highest BCUT2D eigenvalue weighted by molar-refractivity contribution is 5.78. The molecule has 1 aliphatic rings. The number of aliphatic carboxylic acids is 1. The molecular weight excluding hydrogens is 234 g/mol. The first kappa shape index (κ1) is 12.6. The number of hydrogen-bond acceptors (Lipinski definition) is 3. The standard InChI is InChI=1S/C12H17N3O3/c1-8-5-9(2)15(13-8)7-11(16)14-4-3-10(6-14)12(17)18/h5,10H,3-4,6-7H2,1-2H3,(H,17,18)/t10-/m1/s1. The molecule has 6 heteroatoms. The number of carbonyl (C=O) groups is 2. The summed E-state index contributed by atoms with van der Waals surface area (Å²) in [5.74, 6) is -1.31. The maximum Gasteiger partial charge on any atom is 0.308 e. The molecule has 1 fully saturated rings. The van der Waals surface area contributed by atoms with Crippen LogP contribution in [-0.4, -0.2) is 44.8 Å². The van der Waals surface area contributed by atoms with Crippen molar-refractivity contribution >= 4 is 11.9 Å². The van der Waals surface area contributed by atoms with Crippen LogP contribution in [0.5, 0.6) is 0 Å². The molecule has 1 aromatic heterocycles. The van der Waals surface area contributed by atoms with Gasteiger partial charge in [0.2, 0.25) is 5.91 Å². The fourth-order valence-electron chi connectivity index (χ4n) is 2.25. The monoisotopic (exact) mass is 251 g/mol. The van der Waals surface area contributed by atoms with E-state index in [9.17, 15) is 9.59 Å². The summed E-state index contributed by atoms with van der Waals surface area (Å²) in [6.45, 7) is 4.80. The predicted molar refractivity (Wildman–Crippen MR) is 64.0 cm³/mol. The number of rotatable bonds is 3. The number of amides is 1. The molecule has 1 amide bonds. The number of aromatic nitrogens is 2. The summed E-state index contributed by atoms with van der Waals surface area (Å²) >= 11 is 0. The Bertz CT molecular complexity index is 481. The normalized spacial score (nSPS) is 19.2. The first-order valence-corrected chi connectivity index (χ1v) is 5.99. The van der Waals surface area contributed by atoms with Gasteiger partial charge in [-0.05, 0) is 26.3 Å². The van der Waals surface area contributed by atoms with E-state index in [0.717, 1.165) is 11.4 Å². The molecule has 0 radical (unpaired) electrons. The van der Waals surface area contributed by atoms with Crippen molar-refractivity contribution in [2.24, 2.45) is 5.92 Å². The van der Waals surface area contributed by atoms with Crippen molar-refractivity contribution in [2.75, 3.05) is 13.1 Å². The van der Waals surface area contributed by atoms with Gasteiger partial charge in [-0.2, -0.15) is 5.10 Å². The van der Waals surface area contributed by atoms with Crippen LogP contribution in [0.4, 0.5) is 0 Å². The van der Waals surface area contributed by atoms with Crippen molar-refractivity contribution in [2.45, 2.75) is 26.8 Å². The van der Waals surface area contributed by atoms with Crippen molar-refractivity contribution in [3.05, 3.63) is 17.5 Å². The van der Waals surface area contributed by atoms with E-state index in [1.807, 2.05) is 19.9 Å². The van der Waals surface area contributed by atoms with E-state index < -0.39 is 11.9 Å². The van der Waals surface area contributed by atoms with Gasteiger partial charge < -0.3 is 10.0 Å². The molecule has 6 nitrogen and oxygen atoms in total. The lowest BCUT2D eigenvalue weighted by atomic mass is 10.1. The minimum absolute atomic E-state index is 0.0649. The van der Waals surface area contributed by atoms with Gasteiger partial charge in [-0.3, -0.25) is 14.3 Å². The summed E-state index contributed by atoms with van der Waals surface area (Å²) in [4.78, 5) is 24.5. The first-order valence-electron chi connectivity index (χ1n) is 5.99. The van der Waals surface area contributed by atoms with Crippen molar-refractivity contribution in [3.63, 3.8) is 0 Å². The average molecular weight is 251 g/mol. The van der Waals surface area contributed by atoms with Crippen LogP contribution >= 0.6 is 0 Å². The van der Waals surface area contributed by atoms with Crippen molar-refractivity contribution in [3.8, 4) is 0 Å². The lowest BCUT2D eigenvalue weighted by Crippen LogP contribution is -2.33. The number of carbonyl (C=O) groups excluding carboxylic acids is 1. The minimum atomic E-state index is -0.823. The second-order valence-electron chi connectivity index (χ2n) is 4.75. The topological polar surface area (TPSA) is 75.4 Å². The number of aryl methyl sites for hydroxylation is 2. The maximum absolute atomic E-state index is 12.0. The second kappa shape index (κ2) is 4.80. The highest BCUT2D eigenvalue weighted by atomic mass is 16.4. The van der Waals surface area contributed by atoms with E-state index in [-0.39, 0.29) is 12.5 Å². The van der Waals surface area contributed by atoms with Crippen LogP contribution in [0.1, 0.15) is 17.8 Å².